The van der Waals surface area contributed by atoms with Crippen molar-refractivity contribution in [2.24, 2.45) is 0 Å². The van der Waals surface area contributed by atoms with Gasteiger partial charge in [0.2, 0.25) is 0 Å². The second-order valence-electron chi connectivity index (χ2n) is 13.3. The first kappa shape index (κ1) is 36.1. The van der Waals surface area contributed by atoms with Crippen molar-refractivity contribution in [3.8, 4) is 16.9 Å². The summed E-state index contributed by atoms with van der Waals surface area (Å²) in [5, 5.41) is 19.1. The van der Waals surface area contributed by atoms with Gasteiger partial charge in [0.1, 0.15) is 42.0 Å². The van der Waals surface area contributed by atoms with Crippen molar-refractivity contribution < 1.29 is 52.7 Å². The van der Waals surface area contributed by atoms with Gasteiger partial charge in [-0.3, -0.25) is 9.80 Å². The standard InChI is InChI=1S/C26H22FNO5.C11H19NO5/c27-16-9-11-17(12-10-16)33-18-13-24(25(29)30)28(14-18)26(31)32-15-23-21-7-3-1-5-19(21)20-6-2-4-8-22(20)23;1-11(2,3)17-10(15)12-6-7(13)5-8(12)9(14)16-4/h1-12,18,23-24H,13-15H2,(H,29,30);7-8,13H,5-6H2,1-4H3/t18-,24+;7-,8-/m10/s1. The topological polar surface area (TPSA) is 152 Å². The van der Waals surface area contributed by atoms with Crippen molar-refractivity contribution in [2.75, 3.05) is 26.8 Å². The summed E-state index contributed by atoms with van der Waals surface area (Å²) in [7, 11) is 1.25. The Morgan fingerprint density at radius 2 is 1.40 bits per heavy atom. The van der Waals surface area contributed by atoms with E-state index in [9.17, 15) is 33.8 Å². The van der Waals surface area contributed by atoms with Crippen LogP contribution in [0.25, 0.3) is 11.1 Å². The number of carbonyl (C=O) groups is 4. The van der Waals surface area contributed by atoms with Crippen molar-refractivity contribution in [1.29, 1.82) is 0 Å². The number of hydrogen-bond donors (Lipinski definition) is 2. The molecule has 0 unspecified atom stereocenters. The van der Waals surface area contributed by atoms with Crippen molar-refractivity contribution in [3.63, 3.8) is 0 Å². The van der Waals surface area contributed by atoms with Crippen LogP contribution in [0.15, 0.2) is 72.8 Å². The van der Waals surface area contributed by atoms with Crippen LogP contribution in [-0.2, 0) is 23.8 Å². The number of methoxy groups -OCH3 is 1. The van der Waals surface area contributed by atoms with E-state index in [4.69, 9.17) is 14.2 Å². The minimum absolute atomic E-state index is 0.0744. The van der Waals surface area contributed by atoms with E-state index in [1.165, 1.54) is 41.2 Å². The SMILES string of the molecule is COC(=O)[C@@H]1C[C@H](O)CN1C(=O)OC(C)(C)C.O=C(O)[C@@H]1C[C@@H](Oc2ccc(F)cc2)CN1C(=O)OCC1c2ccccc2-c2ccccc21. The lowest BCUT2D eigenvalue weighted by Gasteiger charge is -2.27. The molecule has 50 heavy (non-hydrogen) atoms. The number of likely N-dealkylation sites (tertiary alicyclic amines) is 2. The smallest absolute Gasteiger partial charge is 0.411 e. The highest BCUT2D eigenvalue weighted by molar-refractivity contribution is 5.83. The first-order valence-electron chi connectivity index (χ1n) is 16.3. The predicted molar refractivity (Wildman–Crippen MR) is 178 cm³/mol. The highest BCUT2D eigenvalue weighted by atomic mass is 19.1. The lowest BCUT2D eigenvalue weighted by Crippen LogP contribution is -2.43. The van der Waals surface area contributed by atoms with Crippen LogP contribution in [0, 0.1) is 5.82 Å². The number of aliphatic carboxylic acids is 1. The Morgan fingerprint density at radius 1 is 0.820 bits per heavy atom. The van der Waals surface area contributed by atoms with E-state index in [1.807, 2.05) is 48.5 Å². The maximum Gasteiger partial charge on any atom is 0.411 e. The molecule has 0 bridgehead atoms. The van der Waals surface area contributed by atoms with Gasteiger partial charge in [-0.15, -0.1) is 0 Å². The number of fused-ring (bicyclic) bond motifs is 3. The molecule has 3 aromatic rings. The number of aliphatic hydroxyl groups is 1. The largest absolute Gasteiger partial charge is 0.488 e. The fraction of sp³-hybridized carbons (Fsp3) is 0.405. The molecule has 2 heterocycles. The van der Waals surface area contributed by atoms with Crippen molar-refractivity contribution in [3.05, 3.63) is 89.7 Å². The number of hydrogen-bond acceptors (Lipinski definition) is 9. The zero-order chi connectivity index (χ0) is 36.2. The van der Waals surface area contributed by atoms with Gasteiger partial charge in [0.05, 0.1) is 26.3 Å². The summed E-state index contributed by atoms with van der Waals surface area (Å²) in [6.45, 7) is 5.50. The third-order valence-corrected chi connectivity index (χ3v) is 8.61. The normalized spacial score (nSPS) is 21.0. The van der Waals surface area contributed by atoms with Crippen LogP contribution < -0.4 is 4.74 Å². The highest BCUT2D eigenvalue weighted by Gasteiger charge is 2.43. The summed E-state index contributed by atoms with van der Waals surface area (Å²) in [6.07, 6.45) is -2.23. The number of amides is 2. The van der Waals surface area contributed by atoms with E-state index >= 15 is 0 Å². The number of aliphatic hydroxyl groups excluding tert-OH is 1. The first-order valence-corrected chi connectivity index (χ1v) is 16.3. The Hall–Kier alpha value is -5.17. The summed E-state index contributed by atoms with van der Waals surface area (Å²) in [5.74, 6) is -1.74. The number of carboxylic acid groups (broad SMARTS) is 1. The third kappa shape index (κ3) is 8.33. The summed E-state index contributed by atoms with van der Waals surface area (Å²) in [6, 6.07) is 19.7. The summed E-state index contributed by atoms with van der Waals surface area (Å²) < 4.78 is 34.3. The van der Waals surface area contributed by atoms with Crippen molar-refractivity contribution in [2.45, 2.75) is 69.4 Å². The van der Waals surface area contributed by atoms with Gasteiger partial charge in [-0.2, -0.15) is 0 Å². The molecular weight excluding hydrogens is 651 g/mol. The average Bonchev–Trinajstić information content (AvgIpc) is 3.78. The van der Waals surface area contributed by atoms with Crippen molar-refractivity contribution in [1.82, 2.24) is 9.80 Å². The minimum Gasteiger partial charge on any atom is -0.488 e. The Morgan fingerprint density at radius 3 is 1.96 bits per heavy atom. The zero-order valence-corrected chi connectivity index (χ0v) is 28.3. The second kappa shape index (κ2) is 15.2. The maximum atomic E-state index is 13.1. The number of halogens is 1. The molecule has 2 saturated heterocycles. The number of nitrogens with zero attached hydrogens (tertiary/aromatic N) is 2. The van der Waals surface area contributed by atoms with Crippen LogP contribution in [0.2, 0.25) is 0 Å². The summed E-state index contributed by atoms with van der Waals surface area (Å²) in [4.78, 5) is 50.4. The van der Waals surface area contributed by atoms with E-state index in [0.717, 1.165) is 22.3 Å². The summed E-state index contributed by atoms with van der Waals surface area (Å²) >= 11 is 0. The molecule has 0 radical (unpaired) electrons. The van der Waals surface area contributed by atoms with Crippen molar-refractivity contribution >= 4 is 24.1 Å². The molecule has 13 heteroatoms. The number of carboxylic acids is 1. The van der Waals surface area contributed by atoms with E-state index in [2.05, 4.69) is 4.74 Å². The average molecular weight is 693 g/mol. The molecule has 3 aromatic carbocycles. The molecule has 2 fully saturated rings. The molecule has 2 N–H and O–H groups in total. The molecule has 1 aliphatic carbocycles. The summed E-state index contributed by atoms with van der Waals surface area (Å²) in [5.41, 5.74) is 3.77. The van der Waals surface area contributed by atoms with Crippen LogP contribution in [0.3, 0.4) is 0 Å². The molecule has 12 nitrogen and oxygen atoms in total. The Kier molecular flexibility index (Phi) is 11.0. The number of benzene rings is 3. The Bertz CT molecular complexity index is 1660. The van der Waals surface area contributed by atoms with Gasteiger partial charge in [0.15, 0.2) is 0 Å². The predicted octanol–water partition coefficient (Wildman–Crippen LogP) is 5.21. The highest BCUT2D eigenvalue weighted by Crippen LogP contribution is 2.44. The fourth-order valence-electron chi connectivity index (χ4n) is 6.40. The number of ether oxygens (including phenoxy) is 4. The molecule has 3 aliphatic rings. The molecule has 4 atom stereocenters. The molecule has 0 spiro atoms. The Balaban J connectivity index is 0.000000242. The van der Waals surface area contributed by atoms with E-state index in [0.29, 0.717) is 5.75 Å². The van der Waals surface area contributed by atoms with Crippen LogP contribution in [0.5, 0.6) is 5.75 Å². The van der Waals surface area contributed by atoms with Crippen LogP contribution in [-0.4, -0.2) is 101 Å². The third-order valence-electron chi connectivity index (χ3n) is 8.61. The van der Waals surface area contributed by atoms with E-state index < -0.39 is 59.8 Å². The van der Waals surface area contributed by atoms with Gasteiger partial charge in [-0.05, 0) is 67.3 Å². The first-order chi connectivity index (χ1) is 23.8. The van der Waals surface area contributed by atoms with Gasteiger partial charge in [0, 0.05) is 18.8 Å². The molecule has 2 amide bonds. The fourth-order valence-corrected chi connectivity index (χ4v) is 6.40. The molecule has 266 valence electrons. The quantitative estimate of drug-likeness (QED) is 0.260. The molecule has 6 rings (SSSR count). The molecule has 0 saturated carbocycles. The molecule has 0 aromatic heterocycles. The van der Waals surface area contributed by atoms with Gasteiger partial charge in [-0.1, -0.05) is 48.5 Å². The second-order valence-corrected chi connectivity index (χ2v) is 13.3. The monoisotopic (exact) mass is 692 g/mol. The number of esters is 1. The van der Waals surface area contributed by atoms with Gasteiger partial charge < -0.3 is 29.2 Å². The number of carbonyl (C=O) groups excluding carboxylic acids is 3. The van der Waals surface area contributed by atoms with Crippen LogP contribution >= 0.6 is 0 Å². The lowest BCUT2D eigenvalue weighted by atomic mass is 9.98. The number of rotatable bonds is 6. The minimum atomic E-state index is -1.12. The maximum absolute atomic E-state index is 13.1. The molecule has 2 aliphatic heterocycles. The van der Waals surface area contributed by atoms with Gasteiger partial charge >= 0.3 is 24.1 Å². The van der Waals surface area contributed by atoms with Gasteiger partial charge in [0.25, 0.3) is 0 Å². The van der Waals surface area contributed by atoms with Crippen LogP contribution in [0.1, 0.15) is 50.7 Å². The van der Waals surface area contributed by atoms with E-state index in [1.54, 1.807) is 20.8 Å². The zero-order valence-electron chi connectivity index (χ0n) is 28.3. The number of β-amino-alcohol motifs (C(OH)–C–C–N with tert-alkyl or cyclic N) is 1. The lowest BCUT2D eigenvalue weighted by molar-refractivity contribution is -0.145. The van der Waals surface area contributed by atoms with Crippen LogP contribution in [0.4, 0.5) is 14.0 Å². The van der Waals surface area contributed by atoms with Gasteiger partial charge in [-0.25, -0.2) is 23.6 Å². The Labute approximate surface area is 289 Å². The van der Waals surface area contributed by atoms with E-state index in [-0.39, 0.29) is 38.5 Å². The molecular formula is C37H41FN2O10.